The van der Waals surface area contributed by atoms with Crippen molar-refractivity contribution in [2.45, 2.75) is 0 Å². The van der Waals surface area contributed by atoms with Crippen LogP contribution < -0.4 is 4.90 Å². The third-order valence-corrected chi connectivity index (χ3v) is 1.77. The highest BCUT2D eigenvalue weighted by Gasteiger charge is 2.25. The van der Waals surface area contributed by atoms with Crippen LogP contribution in [-0.2, 0) is 0 Å². The molecule has 1 rings (SSSR count). The Kier molecular flexibility index (Phi) is 2.93. The molecule has 0 spiro atoms. The van der Waals surface area contributed by atoms with E-state index in [1.807, 2.05) is 0 Å². The van der Waals surface area contributed by atoms with E-state index in [-0.39, 0.29) is 5.75 Å². The van der Waals surface area contributed by atoms with Crippen LogP contribution in [0, 0.1) is 0 Å². The molecule has 0 aromatic heterocycles. The van der Waals surface area contributed by atoms with E-state index in [9.17, 15) is 12.9 Å². The fraction of sp³-hybridized carbons (Fsp3) is 0.250. The number of aromatic hydroxyl groups is 1. The molecular formula is C8H10BF3NO-. The lowest BCUT2D eigenvalue weighted by atomic mass is 9.91. The zero-order chi connectivity index (χ0) is 10.8. The van der Waals surface area contributed by atoms with Crippen molar-refractivity contribution in [2.24, 2.45) is 0 Å². The second kappa shape index (κ2) is 3.81. The van der Waals surface area contributed by atoms with E-state index in [4.69, 9.17) is 5.11 Å². The monoisotopic (exact) mass is 204 g/mol. The van der Waals surface area contributed by atoms with E-state index in [0.717, 1.165) is 4.90 Å². The minimum Gasteiger partial charge on any atom is -0.508 e. The van der Waals surface area contributed by atoms with Gasteiger partial charge < -0.3 is 23.0 Å². The van der Waals surface area contributed by atoms with Crippen LogP contribution in [0.2, 0.25) is 0 Å². The van der Waals surface area contributed by atoms with E-state index in [2.05, 4.69) is 0 Å². The van der Waals surface area contributed by atoms with E-state index < -0.39 is 13.4 Å². The fourth-order valence-corrected chi connectivity index (χ4v) is 1.12. The fourth-order valence-electron chi connectivity index (χ4n) is 1.12. The van der Waals surface area contributed by atoms with Gasteiger partial charge in [-0.15, -0.1) is 0 Å². The van der Waals surface area contributed by atoms with E-state index >= 15 is 0 Å². The Bertz CT molecular complexity index is 298. The van der Waals surface area contributed by atoms with Gasteiger partial charge in [-0.05, 0) is 30.7 Å². The van der Waals surface area contributed by atoms with Crippen molar-refractivity contribution >= 4 is 12.7 Å². The molecule has 0 radical (unpaired) electrons. The van der Waals surface area contributed by atoms with E-state index in [1.54, 1.807) is 0 Å². The highest BCUT2D eigenvalue weighted by molar-refractivity contribution is 6.59. The van der Waals surface area contributed by atoms with E-state index in [1.165, 1.54) is 31.3 Å². The van der Waals surface area contributed by atoms with Gasteiger partial charge in [0, 0.05) is 12.7 Å². The van der Waals surface area contributed by atoms with Crippen molar-refractivity contribution in [1.82, 2.24) is 0 Å². The Morgan fingerprint density at radius 3 is 2.14 bits per heavy atom. The molecule has 0 saturated carbocycles. The first kappa shape index (κ1) is 10.8. The smallest absolute Gasteiger partial charge is 0.497 e. The van der Waals surface area contributed by atoms with Crippen molar-refractivity contribution in [3.8, 4) is 5.75 Å². The Balaban J connectivity index is 2.70. The molecule has 0 aliphatic rings. The second-order valence-corrected chi connectivity index (χ2v) is 3.11. The molecule has 0 amide bonds. The Morgan fingerprint density at radius 2 is 1.71 bits per heavy atom. The number of nitrogens with zero attached hydrogens (tertiary/aromatic N) is 1. The van der Waals surface area contributed by atoms with Crippen LogP contribution in [0.25, 0.3) is 0 Å². The van der Waals surface area contributed by atoms with Gasteiger partial charge in [-0.2, -0.15) is 0 Å². The van der Waals surface area contributed by atoms with Gasteiger partial charge in [0.15, 0.2) is 0 Å². The van der Waals surface area contributed by atoms with Crippen molar-refractivity contribution in [2.75, 3.05) is 18.4 Å². The summed E-state index contributed by atoms with van der Waals surface area (Å²) in [6.07, 6.45) is -0.940. The lowest BCUT2D eigenvalue weighted by molar-refractivity contribution is 0.469. The first-order chi connectivity index (χ1) is 6.38. The van der Waals surface area contributed by atoms with Gasteiger partial charge in [0.25, 0.3) is 0 Å². The maximum atomic E-state index is 12.0. The van der Waals surface area contributed by atoms with Crippen LogP contribution in [0.15, 0.2) is 24.3 Å². The maximum absolute atomic E-state index is 12.0. The highest BCUT2D eigenvalue weighted by Crippen LogP contribution is 2.19. The average Bonchev–Trinajstić information content (AvgIpc) is 2.02. The van der Waals surface area contributed by atoms with Crippen molar-refractivity contribution < 1.29 is 18.1 Å². The van der Waals surface area contributed by atoms with Gasteiger partial charge in [-0.25, -0.2) is 0 Å². The third kappa shape index (κ3) is 3.20. The number of hydrogen-bond donors (Lipinski definition) is 1. The Morgan fingerprint density at radius 1 is 1.21 bits per heavy atom. The first-order valence-electron chi connectivity index (χ1n) is 4.09. The third-order valence-electron chi connectivity index (χ3n) is 1.77. The predicted molar refractivity (Wildman–Crippen MR) is 50.5 cm³/mol. The molecule has 0 bridgehead atoms. The summed E-state index contributed by atoms with van der Waals surface area (Å²) in [6, 6.07) is 5.60. The molecule has 1 aromatic rings. The number of phenolic OH excluding ortho intramolecular Hbond substituents is 1. The van der Waals surface area contributed by atoms with Crippen LogP contribution in [0.3, 0.4) is 0 Å². The summed E-state index contributed by atoms with van der Waals surface area (Å²) in [4.78, 5) is 1.10. The van der Waals surface area contributed by atoms with Gasteiger partial charge in [-0.3, -0.25) is 0 Å². The number of halogens is 3. The Labute approximate surface area is 80.0 Å². The normalized spacial score (nSPS) is 11.4. The number of rotatable bonds is 3. The highest BCUT2D eigenvalue weighted by atomic mass is 19.4. The molecule has 2 nitrogen and oxygen atoms in total. The molecule has 78 valence electrons. The second-order valence-electron chi connectivity index (χ2n) is 3.11. The number of phenols is 1. The number of benzene rings is 1. The van der Waals surface area contributed by atoms with Crippen LogP contribution >= 0.6 is 0 Å². The molecule has 0 fully saturated rings. The summed E-state index contributed by atoms with van der Waals surface area (Å²) in [5.74, 6) is 0.0414. The topological polar surface area (TPSA) is 23.5 Å². The summed E-state index contributed by atoms with van der Waals surface area (Å²) in [5.41, 5.74) is 0.432. The minimum atomic E-state index is -4.82. The Hall–Kier alpha value is -1.33. The van der Waals surface area contributed by atoms with Gasteiger partial charge >= 0.3 is 6.98 Å². The number of anilines is 1. The predicted octanol–water partition coefficient (Wildman–Crippen LogP) is 2.21. The minimum absolute atomic E-state index is 0.0414. The van der Waals surface area contributed by atoms with Gasteiger partial charge in [0.2, 0.25) is 0 Å². The molecule has 6 heteroatoms. The molecule has 1 aromatic carbocycles. The van der Waals surface area contributed by atoms with Gasteiger partial charge in [0.05, 0.1) is 0 Å². The summed E-state index contributed by atoms with van der Waals surface area (Å²) in [6.45, 7) is -4.82. The summed E-state index contributed by atoms with van der Waals surface area (Å²) >= 11 is 0. The maximum Gasteiger partial charge on any atom is 0.497 e. The molecule has 0 heterocycles. The molecule has 0 aliphatic carbocycles. The first-order valence-corrected chi connectivity index (χ1v) is 4.09. The molecule has 0 unspecified atom stereocenters. The van der Waals surface area contributed by atoms with Crippen LogP contribution in [0.1, 0.15) is 0 Å². The molecule has 0 aliphatic heterocycles. The van der Waals surface area contributed by atoms with Crippen molar-refractivity contribution in [1.29, 1.82) is 0 Å². The molecule has 14 heavy (non-hydrogen) atoms. The van der Waals surface area contributed by atoms with Crippen molar-refractivity contribution in [3.05, 3.63) is 24.3 Å². The molecule has 0 atom stereocenters. The van der Waals surface area contributed by atoms with Gasteiger partial charge in [-0.1, -0.05) is 0 Å². The van der Waals surface area contributed by atoms with Crippen molar-refractivity contribution in [3.63, 3.8) is 0 Å². The average molecular weight is 204 g/mol. The van der Waals surface area contributed by atoms with Crippen LogP contribution in [0.4, 0.5) is 18.6 Å². The SMILES string of the molecule is CN(C[B-](F)(F)F)c1ccc(O)cc1. The molecular weight excluding hydrogens is 194 g/mol. The lowest BCUT2D eigenvalue weighted by Gasteiger charge is -2.25. The zero-order valence-corrected chi connectivity index (χ0v) is 7.62. The summed E-state index contributed by atoms with van der Waals surface area (Å²) < 4.78 is 36.1. The van der Waals surface area contributed by atoms with E-state index in [0.29, 0.717) is 5.69 Å². The molecule has 0 saturated heterocycles. The summed E-state index contributed by atoms with van der Waals surface area (Å²) in [5, 5.41) is 8.93. The summed E-state index contributed by atoms with van der Waals surface area (Å²) in [7, 11) is 1.36. The standard InChI is InChI=1S/C8H10BF3NO/c1-13(6-9(10,11)12)7-2-4-8(14)5-3-7/h2-5,14H,6H2,1H3/q-1. The number of hydrogen-bond acceptors (Lipinski definition) is 2. The van der Waals surface area contributed by atoms with Gasteiger partial charge in [0.1, 0.15) is 5.75 Å². The lowest BCUT2D eigenvalue weighted by Crippen LogP contribution is -2.35. The van der Waals surface area contributed by atoms with Crippen LogP contribution in [0.5, 0.6) is 5.75 Å². The van der Waals surface area contributed by atoms with Crippen LogP contribution in [-0.4, -0.2) is 25.6 Å². The zero-order valence-electron chi connectivity index (χ0n) is 7.62. The largest absolute Gasteiger partial charge is 0.508 e. The molecule has 1 N–H and O–H groups in total. The quantitative estimate of drug-likeness (QED) is 0.763.